The van der Waals surface area contributed by atoms with Crippen LogP contribution >= 0.6 is 0 Å². The van der Waals surface area contributed by atoms with Crippen molar-refractivity contribution < 1.29 is 9.53 Å². The van der Waals surface area contributed by atoms with Crippen LogP contribution in [0.4, 0.5) is 0 Å². The summed E-state index contributed by atoms with van der Waals surface area (Å²) in [6.45, 7) is 12.8. The molecule has 90 valence electrons. The van der Waals surface area contributed by atoms with Crippen molar-refractivity contribution in [3.05, 3.63) is 0 Å². The fraction of sp³-hybridized carbons (Fsp3) is 0.917. The van der Waals surface area contributed by atoms with Gasteiger partial charge in [0.15, 0.2) is 0 Å². The maximum atomic E-state index is 10.2. The molecule has 0 aliphatic rings. The minimum atomic E-state index is 0.00469. The minimum Gasteiger partial charge on any atom is -0.380 e. The molecule has 3 heteroatoms. The van der Waals surface area contributed by atoms with Crippen molar-refractivity contribution in [1.82, 2.24) is 5.32 Å². The minimum absolute atomic E-state index is 0.00469. The van der Waals surface area contributed by atoms with Crippen molar-refractivity contribution in [3.63, 3.8) is 0 Å². The van der Waals surface area contributed by atoms with E-state index in [0.717, 1.165) is 19.4 Å². The first-order chi connectivity index (χ1) is 6.83. The molecule has 0 aromatic carbocycles. The fourth-order valence-electron chi connectivity index (χ4n) is 1.07. The summed E-state index contributed by atoms with van der Waals surface area (Å²) in [7, 11) is 0. The summed E-state index contributed by atoms with van der Waals surface area (Å²) in [6, 6.07) is 0. The van der Waals surface area contributed by atoms with Crippen LogP contribution in [0.2, 0.25) is 0 Å². The van der Waals surface area contributed by atoms with Gasteiger partial charge in [-0.1, -0.05) is 34.6 Å². The summed E-state index contributed by atoms with van der Waals surface area (Å²) in [5.74, 6) is 0. The van der Waals surface area contributed by atoms with Gasteiger partial charge >= 0.3 is 0 Å². The van der Waals surface area contributed by atoms with Crippen molar-refractivity contribution in [1.29, 1.82) is 0 Å². The zero-order valence-electron chi connectivity index (χ0n) is 10.7. The Labute approximate surface area is 93.6 Å². The third kappa shape index (κ3) is 7.37. The highest BCUT2D eigenvalue weighted by Gasteiger charge is 2.20. The van der Waals surface area contributed by atoms with Gasteiger partial charge in [-0.15, -0.1) is 0 Å². The second-order valence-electron chi connectivity index (χ2n) is 5.67. The van der Waals surface area contributed by atoms with Crippen LogP contribution in [-0.4, -0.2) is 26.2 Å². The van der Waals surface area contributed by atoms with Gasteiger partial charge in [-0.25, -0.2) is 0 Å². The van der Waals surface area contributed by atoms with E-state index in [0.29, 0.717) is 13.2 Å². The van der Waals surface area contributed by atoms with Crippen molar-refractivity contribution in [3.8, 4) is 0 Å². The Morgan fingerprint density at radius 1 is 1.13 bits per heavy atom. The number of rotatable bonds is 8. The molecule has 0 spiro atoms. The van der Waals surface area contributed by atoms with E-state index in [2.05, 4.69) is 39.9 Å². The number of carbonyl (C=O) groups is 1. The van der Waals surface area contributed by atoms with Crippen molar-refractivity contribution in [2.24, 2.45) is 10.8 Å². The summed E-state index contributed by atoms with van der Waals surface area (Å²) >= 11 is 0. The van der Waals surface area contributed by atoms with E-state index >= 15 is 0 Å². The molecule has 0 aliphatic carbocycles. The quantitative estimate of drug-likeness (QED) is 0.630. The Morgan fingerprint density at radius 2 is 1.67 bits per heavy atom. The maximum absolute atomic E-state index is 10.2. The summed E-state index contributed by atoms with van der Waals surface area (Å²) in [5.41, 5.74) is 0.249. The topological polar surface area (TPSA) is 38.3 Å². The molecule has 0 aromatic rings. The molecule has 0 heterocycles. The highest BCUT2D eigenvalue weighted by molar-refractivity contribution is 5.45. The van der Waals surface area contributed by atoms with Gasteiger partial charge in [-0.3, -0.25) is 4.79 Å². The smallest absolute Gasteiger partial charge is 0.207 e. The van der Waals surface area contributed by atoms with Crippen LogP contribution in [0.25, 0.3) is 0 Å². The molecule has 1 amide bonds. The van der Waals surface area contributed by atoms with Gasteiger partial charge in [0.1, 0.15) is 0 Å². The normalized spacial score (nSPS) is 12.6. The van der Waals surface area contributed by atoms with Gasteiger partial charge in [0, 0.05) is 12.0 Å². The van der Waals surface area contributed by atoms with Gasteiger partial charge < -0.3 is 10.1 Å². The van der Waals surface area contributed by atoms with Crippen LogP contribution in [-0.2, 0) is 9.53 Å². The average molecular weight is 215 g/mol. The van der Waals surface area contributed by atoms with E-state index in [1.807, 2.05) is 0 Å². The van der Waals surface area contributed by atoms with Crippen LogP contribution in [0.1, 0.15) is 41.0 Å². The van der Waals surface area contributed by atoms with Crippen LogP contribution in [0.3, 0.4) is 0 Å². The van der Waals surface area contributed by atoms with Crippen LogP contribution in [0, 0.1) is 10.8 Å². The van der Waals surface area contributed by atoms with E-state index in [1.54, 1.807) is 0 Å². The third-order valence-corrected chi connectivity index (χ3v) is 2.61. The molecule has 15 heavy (non-hydrogen) atoms. The first kappa shape index (κ1) is 14.4. The largest absolute Gasteiger partial charge is 0.380 e. The second-order valence-corrected chi connectivity index (χ2v) is 5.67. The molecular formula is C12H25NO2. The highest BCUT2D eigenvalue weighted by atomic mass is 16.5. The lowest BCUT2D eigenvalue weighted by molar-refractivity contribution is -0.110. The lowest BCUT2D eigenvalue weighted by atomic mass is 9.91. The fourth-order valence-corrected chi connectivity index (χ4v) is 1.07. The van der Waals surface area contributed by atoms with Crippen LogP contribution < -0.4 is 5.32 Å². The summed E-state index contributed by atoms with van der Waals surface area (Å²) in [5, 5.41) is 2.69. The molecule has 0 unspecified atom stereocenters. The molecule has 0 saturated heterocycles. The van der Waals surface area contributed by atoms with E-state index in [-0.39, 0.29) is 10.8 Å². The number of hydrogen-bond donors (Lipinski definition) is 1. The van der Waals surface area contributed by atoms with Crippen LogP contribution in [0.15, 0.2) is 0 Å². The van der Waals surface area contributed by atoms with Crippen molar-refractivity contribution in [2.75, 3.05) is 19.8 Å². The average Bonchev–Trinajstić information content (AvgIpc) is 2.14. The predicted molar refractivity (Wildman–Crippen MR) is 62.7 cm³/mol. The zero-order valence-corrected chi connectivity index (χ0v) is 10.7. The van der Waals surface area contributed by atoms with Crippen molar-refractivity contribution in [2.45, 2.75) is 41.0 Å². The molecule has 0 aliphatic heterocycles. The lowest BCUT2D eigenvalue weighted by Crippen LogP contribution is -2.33. The lowest BCUT2D eigenvalue weighted by Gasteiger charge is -2.28. The molecule has 0 radical (unpaired) electrons. The number of carbonyl (C=O) groups excluding carboxylic acids is 1. The SMILES string of the molecule is CCC(C)(C)COCC(C)(C)CNC=O. The Kier molecular flexibility index (Phi) is 5.88. The molecule has 0 atom stereocenters. The molecule has 0 bridgehead atoms. The van der Waals surface area contributed by atoms with Crippen LogP contribution in [0.5, 0.6) is 0 Å². The Bertz CT molecular complexity index is 188. The summed E-state index contributed by atoms with van der Waals surface area (Å²) < 4.78 is 5.70. The van der Waals surface area contributed by atoms with Gasteiger partial charge in [0.2, 0.25) is 6.41 Å². The molecule has 1 N–H and O–H groups in total. The first-order valence-corrected chi connectivity index (χ1v) is 5.58. The monoisotopic (exact) mass is 215 g/mol. The third-order valence-electron chi connectivity index (χ3n) is 2.61. The van der Waals surface area contributed by atoms with Crippen molar-refractivity contribution >= 4 is 6.41 Å². The highest BCUT2D eigenvalue weighted by Crippen LogP contribution is 2.21. The molecule has 3 nitrogen and oxygen atoms in total. The second kappa shape index (κ2) is 6.11. The van der Waals surface area contributed by atoms with Gasteiger partial charge in [-0.05, 0) is 11.8 Å². The zero-order chi connectivity index (χ0) is 11.9. The number of hydrogen-bond acceptors (Lipinski definition) is 2. The van der Waals surface area contributed by atoms with E-state index in [9.17, 15) is 4.79 Å². The number of amides is 1. The molecule has 0 rings (SSSR count). The van der Waals surface area contributed by atoms with E-state index in [4.69, 9.17) is 4.74 Å². The summed E-state index contributed by atoms with van der Waals surface area (Å²) in [4.78, 5) is 10.2. The Morgan fingerprint density at radius 3 is 2.13 bits per heavy atom. The van der Waals surface area contributed by atoms with Gasteiger partial charge in [0.05, 0.1) is 13.2 Å². The molecule has 0 aromatic heterocycles. The maximum Gasteiger partial charge on any atom is 0.207 e. The van der Waals surface area contributed by atoms with E-state index < -0.39 is 0 Å². The standard InChI is InChI=1S/C12H25NO2/c1-6-11(2,3)8-15-9-12(4,5)7-13-10-14/h10H,6-9H2,1-5H3,(H,13,14). The molecular weight excluding hydrogens is 190 g/mol. The summed E-state index contributed by atoms with van der Waals surface area (Å²) in [6.07, 6.45) is 1.84. The number of nitrogens with one attached hydrogen (secondary N) is 1. The predicted octanol–water partition coefficient (Wildman–Crippen LogP) is 2.21. The Balaban J connectivity index is 3.78. The first-order valence-electron chi connectivity index (χ1n) is 5.58. The molecule has 0 saturated carbocycles. The van der Waals surface area contributed by atoms with Gasteiger partial charge in [0.25, 0.3) is 0 Å². The Hall–Kier alpha value is -0.570. The molecule has 0 fully saturated rings. The number of ether oxygens (including phenoxy) is 1. The van der Waals surface area contributed by atoms with Gasteiger partial charge in [-0.2, -0.15) is 0 Å². The van der Waals surface area contributed by atoms with E-state index in [1.165, 1.54) is 0 Å².